The molecule has 0 amide bonds. The first kappa shape index (κ1) is 10.5. The minimum atomic E-state index is 0.563. The summed E-state index contributed by atoms with van der Waals surface area (Å²) >= 11 is 0. The molecule has 0 aliphatic heterocycles. The lowest BCUT2D eigenvalue weighted by Crippen LogP contribution is -2.26. The van der Waals surface area contributed by atoms with Gasteiger partial charge in [-0.15, -0.1) is 6.42 Å². The van der Waals surface area contributed by atoms with Crippen LogP contribution in [0.5, 0.6) is 0 Å². The van der Waals surface area contributed by atoms with E-state index in [4.69, 9.17) is 6.42 Å². The second-order valence-electron chi connectivity index (χ2n) is 3.46. The van der Waals surface area contributed by atoms with Crippen LogP contribution in [0.2, 0.25) is 0 Å². The molecule has 1 atom stereocenters. The van der Waals surface area contributed by atoms with Crippen molar-refractivity contribution in [3.8, 4) is 12.3 Å². The highest BCUT2D eigenvalue weighted by atomic mass is 14.9. The van der Waals surface area contributed by atoms with E-state index in [9.17, 15) is 0 Å². The molecule has 0 aromatic rings. The van der Waals surface area contributed by atoms with Gasteiger partial charge in [0, 0.05) is 6.04 Å². The van der Waals surface area contributed by atoms with E-state index in [1.807, 2.05) is 0 Å². The zero-order valence-electron chi connectivity index (χ0n) is 7.85. The van der Waals surface area contributed by atoms with Gasteiger partial charge in [0.2, 0.25) is 0 Å². The lowest BCUT2D eigenvalue weighted by molar-refractivity contribution is 0.467. The summed E-state index contributed by atoms with van der Waals surface area (Å²) < 4.78 is 0. The van der Waals surface area contributed by atoms with Gasteiger partial charge in [-0.2, -0.15) is 0 Å². The standard InChI is InChI=1S/C10H19N/c1-5-8-11-10(4)7-6-9(2)3/h1,9-11H,6-8H2,2-4H3. The zero-order valence-corrected chi connectivity index (χ0v) is 7.85. The fraction of sp³-hybridized carbons (Fsp3) is 0.800. The van der Waals surface area contributed by atoms with E-state index in [1.165, 1.54) is 12.8 Å². The predicted octanol–water partition coefficient (Wildman–Crippen LogP) is 2.03. The maximum absolute atomic E-state index is 5.12. The van der Waals surface area contributed by atoms with Crippen LogP contribution in [0, 0.1) is 18.3 Å². The molecule has 0 saturated heterocycles. The van der Waals surface area contributed by atoms with Crippen LogP contribution in [0.25, 0.3) is 0 Å². The summed E-state index contributed by atoms with van der Waals surface area (Å²) in [5.41, 5.74) is 0. The Balaban J connectivity index is 3.23. The van der Waals surface area contributed by atoms with E-state index in [0.717, 1.165) is 5.92 Å². The van der Waals surface area contributed by atoms with Gasteiger partial charge in [-0.25, -0.2) is 0 Å². The first-order valence-corrected chi connectivity index (χ1v) is 4.33. The molecule has 1 unspecified atom stereocenters. The van der Waals surface area contributed by atoms with Gasteiger partial charge in [-0.1, -0.05) is 19.8 Å². The molecular weight excluding hydrogens is 134 g/mol. The van der Waals surface area contributed by atoms with Crippen LogP contribution in [0.1, 0.15) is 33.6 Å². The first-order valence-electron chi connectivity index (χ1n) is 4.33. The second kappa shape index (κ2) is 6.24. The third-order valence-electron chi connectivity index (χ3n) is 1.73. The molecule has 1 heteroatoms. The molecule has 1 N–H and O–H groups in total. The molecule has 0 saturated carbocycles. The van der Waals surface area contributed by atoms with Gasteiger partial charge in [0.15, 0.2) is 0 Å². The molecule has 0 bridgehead atoms. The van der Waals surface area contributed by atoms with Crippen molar-refractivity contribution in [2.45, 2.75) is 39.7 Å². The Hall–Kier alpha value is -0.480. The third-order valence-corrected chi connectivity index (χ3v) is 1.73. The SMILES string of the molecule is C#CCNC(C)CCC(C)C. The lowest BCUT2D eigenvalue weighted by atomic mass is 10.0. The van der Waals surface area contributed by atoms with Crippen LogP contribution >= 0.6 is 0 Å². The van der Waals surface area contributed by atoms with Gasteiger partial charge in [-0.05, 0) is 25.7 Å². The van der Waals surface area contributed by atoms with Crippen molar-refractivity contribution >= 4 is 0 Å². The van der Waals surface area contributed by atoms with Crippen molar-refractivity contribution in [2.75, 3.05) is 6.54 Å². The maximum atomic E-state index is 5.12. The van der Waals surface area contributed by atoms with Crippen molar-refractivity contribution in [3.63, 3.8) is 0 Å². The number of hydrogen-bond donors (Lipinski definition) is 1. The van der Waals surface area contributed by atoms with E-state index in [2.05, 4.69) is 32.0 Å². The summed E-state index contributed by atoms with van der Waals surface area (Å²) in [6.45, 7) is 7.36. The van der Waals surface area contributed by atoms with E-state index in [-0.39, 0.29) is 0 Å². The molecule has 1 nitrogen and oxygen atoms in total. The van der Waals surface area contributed by atoms with Gasteiger partial charge in [0.05, 0.1) is 6.54 Å². The molecule has 0 aliphatic rings. The molecule has 0 rings (SSSR count). The predicted molar refractivity (Wildman–Crippen MR) is 50.4 cm³/mol. The maximum Gasteiger partial charge on any atom is 0.0575 e. The minimum Gasteiger partial charge on any atom is -0.304 e. The Morgan fingerprint density at radius 3 is 2.36 bits per heavy atom. The van der Waals surface area contributed by atoms with Crippen molar-refractivity contribution < 1.29 is 0 Å². The average Bonchev–Trinajstić information content (AvgIpc) is 1.97. The Morgan fingerprint density at radius 1 is 1.27 bits per heavy atom. The summed E-state index contributed by atoms with van der Waals surface area (Å²) in [5.74, 6) is 3.37. The van der Waals surface area contributed by atoms with Gasteiger partial charge in [0.1, 0.15) is 0 Å². The number of rotatable bonds is 5. The van der Waals surface area contributed by atoms with Gasteiger partial charge in [0.25, 0.3) is 0 Å². The summed E-state index contributed by atoms with van der Waals surface area (Å²) in [6.07, 6.45) is 7.62. The van der Waals surface area contributed by atoms with Crippen molar-refractivity contribution in [3.05, 3.63) is 0 Å². The highest BCUT2D eigenvalue weighted by molar-refractivity contribution is 4.87. The van der Waals surface area contributed by atoms with Crippen LogP contribution in [0.15, 0.2) is 0 Å². The van der Waals surface area contributed by atoms with Crippen molar-refractivity contribution in [1.29, 1.82) is 0 Å². The van der Waals surface area contributed by atoms with Crippen LogP contribution in [-0.2, 0) is 0 Å². The van der Waals surface area contributed by atoms with Crippen molar-refractivity contribution in [2.24, 2.45) is 5.92 Å². The van der Waals surface area contributed by atoms with E-state index in [0.29, 0.717) is 12.6 Å². The quantitative estimate of drug-likeness (QED) is 0.596. The van der Waals surface area contributed by atoms with Crippen molar-refractivity contribution in [1.82, 2.24) is 5.32 Å². The Labute approximate surface area is 70.6 Å². The second-order valence-corrected chi connectivity index (χ2v) is 3.46. The van der Waals surface area contributed by atoms with Crippen LogP contribution in [0.4, 0.5) is 0 Å². The highest BCUT2D eigenvalue weighted by Crippen LogP contribution is 2.05. The van der Waals surface area contributed by atoms with E-state index < -0.39 is 0 Å². The summed E-state index contributed by atoms with van der Waals surface area (Å²) in [6, 6.07) is 0.563. The molecule has 0 spiro atoms. The Morgan fingerprint density at radius 2 is 1.91 bits per heavy atom. The van der Waals surface area contributed by atoms with Crippen LogP contribution in [-0.4, -0.2) is 12.6 Å². The molecular formula is C10H19N. The Kier molecular flexibility index (Phi) is 5.97. The van der Waals surface area contributed by atoms with Gasteiger partial charge in [-0.3, -0.25) is 0 Å². The highest BCUT2D eigenvalue weighted by Gasteiger charge is 2.00. The molecule has 11 heavy (non-hydrogen) atoms. The molecule has 0 fully saturated rings. The van der Waals surface area contributed by atoms with E-state index in [1.54, 1.807) is 0 Å². The molecule has 0 aromatic carbocycles. The fourth-order valence-electron chi connectivity index (χ4n) is 0.919. The Bertz CT molecular complexity index is 121. The molecule has 0 radical (unpaired) electrons. The summed E-state index contributed by atoms with van der Waals surface area (Å²) in [4.78, 5) is 0. The lowest BCUT2D eigenvalue weighted by Gasteiger charge is -2.12. The minimum absolute atomic E-state index is 0.563. The molecule has 64 valence electrons. The first-order chi connectivity index (χ1) is 5.16. The molecule has 0 aliphatic carbocycles. The monoisotopic (exact) mass is 153 g/mol. The normalized spacial score (nSPS) is 13.0. The largest absolute Gasteiger partial charge is 0.304 e. The summed E-state index contributed by atoms with van der Waals surface area (Å²) in [7, 11) is 0. The molecule has 0 aromatic heterocycles. The topological polar surface area (TPSA) is 12.0 Å². The number of nitrogens with one attached hydrogen (secondary N) is 1. The number of terminal acetylenes is 1. The van der Waals surface area contributed by atoms with E-state index >= 15 is 0 Å². The smallest absolute Gasteiger partial charge is 0.0575 e. The average molecular weight is 153 g/mol. The zero-order chi connectivity index (χ0) is 8.69. The summed E-state index contributed by atoms with van der Waals surface area (Å²) in [5, 5.41) is 3.25. The van der Waals surface area contributed by atoms with Crippen LogP contribution in [0.3, 0.4) is 0 Å². The van der Waals surface area contributed by atoms with Crippen LogP contribution < -0.4 is 5.32 Å². The molecule has 0 heterocycles. The van der Waals surface area contributed by atoms with Gasteiger partial charge >= 0.3 is 0 Å². The number of hydrogen-bond acceptors (Lipinski definition) is 1. The van der Waals surface area contributed by atoms with Gasteiger partial charge < -0.3 is 5.32 Å². The fourth-order valence-corrected chi connectivity index (χ4v) is 0.919. The third kappa shape index (κ3) is 7.42.